The molecule has 0 aromatic heterocycles. The number of sulfonamides is 1. The molecule has 16 heavy (non-hydrogen) atoms. The lowest BCUT2D eigenvalue weighted by Gasteiger charge is -2.13. The molecule has 1 aromatic carbocycles. The molecule has 1 N–H and O–H groups in total. The van der Waals surface area contributed by atoms with E-state index in [1.54, 1.807) is 0 Å². The average molecular weight is 251 g/mol. The molecule has 0 amide bonds. The molecule has 0 heterocycles. The van der Waals surface area contributed by atoms with Crippen molar-refractivity contribution in [2.24, 2.45) is 0 Å². The Morgan fingerprint density at radius 2 is 1.88 bits per heavy atom. The first-order valence-electron chi connectivity index (χ1n) is 4.32. The molecule has 0 aliphatic carbocycles. The van der Waals surface area contributed by atoms with E-state index in [0.717, 1.165) is 16.4 Å². The van der Waals surface area contributed by atoms with Crippen molar-refractivity contribution in [1.29, 1.82) is 0 Å². The molecule has 0 spiro atoms. The van der Waals surface area contributed by atoms with Gasteiger partial charge in [0.15, 0.2) is 5.82 Å². The molecule has 0 radical (unpaired) electrons. The molecule has 0 bridgehead atoms. The lowest BCUT2D eigenvalue weighted by Crippen LogP contribution is -2.23. The van der Waals surface area contributed by atoms with Gasteiger partial charge in [0.1, 0.15) is 10.7 Å². The maximum Gasteiger partial charge on any atom is 0.245 e. The minimum atomic E-state index is -3.98. The number of aliphatic hydroxyl groups is 1. The summed E-state index contributed by atoms with van der Waals surface area (Å²) in [5.74, 6) is -2.23. The van der Waals surface area contributed by atoms with Gasteiger partial charge in [-0.1, -0.05) is 0 Å². The summed E-state index contributed by atoms with van der Waals surface area (Å²) in [6, 6.07) is 1.64. The molecule has 0 saturated carbocycles. The van der Waals surface area contributed by atoms with Gasteiger partial charge in [-0.15, -0.1) is 0 Å². The number of halogens is 2. The largest absolute Gasteiger partial charge is 0.391 e. The van der Waals surface area contributed by atoms with Crippen molar-refractivity contribution in [3.8, 4) is 0 Å². The summed E-state index contributed by atoms with van der Waals surface area (Å²) < 4.78 is 50.6. The maximum atomic E-state index is 13.6. The molecule has 0 aliphatic rings. The standard InChI is InChI=1S/C9H11F2NO3S/c1-12(2)16(14,15)8-4-3-7(10)6(5-13)9(8)11/h3-4,13H,5H2,1-2H3. The van der Waals surface area contributed by atoms with Crippen molar-refractivity contribution in [1.82, 2.24) is 4.31 Å². The molecule has 1 rings (SSSR count). The number of hydrogen-bond acceptors (Lipinski definition) is 3. The Bertz CT molecular complexity index is 500. The van der Waals surface area contributed by atoms with Crippen molar-refractivity contribution >= 4 is 10.0 Å². The summed E-state index contributed by atoms with van der Waals surface area (Å²) in [5.41, 5.74) is -0.650. The van der Waals surface area contributed by atoms with Crippen LogP contribution in [0.1, 0.15) is 5.56 Å². The van der Waals surface area contributed by atoms with Crippen LogP contribution in [0.25, 0.3) is 0 Å². The summed E-state index contributed by atoms with van der Waals surface area (Å²) in [7, 11) is -1.51. The second-order valence-electron chi connectivity index (χ2n) is 3.28. The number of hydrogen-bond donors (Lipinski definition) is 1. The lowest BCUT2D eigenvalue weighted by atomic mass is 10.2. The van der Waals surface area contributed by atoms with E-state index in [1.165, 1.54) is 14.1 Å². The van der Waals surface area contributed by atoms with Gasteiger partial charge in [-0.2, -0.15) is 0 Å². The molecule has 1 aromatic rings. The minimum Gasteiger partial charge on any atom is -0.391 e. The van der Waals surface area contributed by atoms with Gasteiger partial charge in [-0.05, 0) is 12.1 Å². The van der Waals surface area contributed by atoms with Gasteiger partial charge in [0.25, 0.3) is 0 Å². The van der Waals surface area contributed by atoms with Gasteiger partial charge in [-0.25, -0.2) is 21.5 Å². The Kier molecular flexibility index (Phi) is 3.61. The van der Waals surface area contributed by atoms with Crippen LogP contribution in [0, 0.1) is 11.6 Å². The topological polar surface area (TPSA) is 57.6 Å². The van der Waals surface area contributed by atoms with E-state index in [0.29, 0.717) is 0 Å². The fourth-order valence-corrected chi connectivity index (χ4v) is 2.10. The van der Waals surface area contributed by atoms with Crippen molar-refractivity contribution in [2.75, 3.05) is 14.1 Å². The first-order valence-corrected chi connectivity index (χ1v) is 5.76. The Morgan fingerprint density at radius 3 is 2.31 bits per heavy atom. The molecule has 7 heteroatoms. The number of nitrogens with zero attached hydrogens (tertiary/aromatic N) is 1. The smallest absolute Gasteiger partial charge is 0.245 e. The van der Waals surface area contributed by atoms with Crippen LogP contribution in [0.4, 0.5) is 8.78 Å². The van der Waals surface area contributed by atoms with Crippen LogP contribution >= 0.6 is 0 Å². The van der Waals surface area contributed by atoms with Crippen molar-refractivity contribution < 1.29 is 22.3 Å². The van der Waals surface area contributed by atoms with Gasteiger partial charge in [0.05, 0.1) is 12.2 Å². The van der Waals surface area contributed by atoms with E-state index in [1.807, 2.05) is 0 Å². The Hall–Kier alpha value is -1.05. The summed E-state index contributed by atoms with van der Waals surface area (Å²) in [5, 5.41) is 8.74. The Balaban J connectivity index is 3.50. The first-order chi connectivity index (χ1) is 7.32. The van der Waals surface area contributed by atoms with E-state index in [-0.39, 0.29) is 0 Å². The van der Waals surface area contributed by atoms with Gasteiger partial charge in [0.2, 0.25) is 10.0 Å². The molecule has 90 valence electrons. The van der Waals surface area contributed by atoms with Crippen molar-refractivity contribution in [3.05, 3.63) is 29.3 Å². The Labute approximate surface area is 92.2 Å². The molecular formula is C9H11F2NO3S. The van der Waals surface area contributed by atoms with Gasteiger partial charge in [0, 0.05) is 14.1 Å². The van der Waals surface area contributed by atoms with E-state index >= 15 is 0 Å². The first kappa shape index (κ1) is 13.0. The van der Waals surface area contributed by atoms with Crippen molar-refractivity contribution in [2.45, 2.75) is 11.5 Å². The van der Waals surface area contributed by atoms with Crippen LogP contribution in [0.2, 0.25) is 0 Å². The van der Waals surface area contributed by atoms with Crippen LogP contribution < -0.4 is 0 Å². The highest BCUT2D eigenvalue weighted by molar-refractivity contribution is 7.89. The number of rotatable bonds is 3. The van der Waals surface area contributed by atoms with Crippen LogP contribution in [-0.4, -0.2) is 31.9 Å². The fraction of sp³-hybridized carbons (Fsp3) is 0.333. The maximum absolute atomic E-state index is 13.6. The Morgan fingerprint density at radius 1 is 1.31 bits per heavy atom. The molecule has 0 saturated heterocycles. The van der Waals surface area contributed by atoms with E-state index < -0.39 is 38.7 Å². The summed E-state index contributed by atoms with van der Waals surface area (Å²) in [6.07, 6.45) is 0. The second kappa shape index (κ2) is 4.44. The quantitative estimate of drug-likeness (QED) is 0.860. The summed E-state index contributed by atoms with van der Waals surface area (Å²) >= 11 is 0. The van der Waals surface area contributed by atoms with E-state index in [4.69, 9.17) is 5.11 Å². The average Bonchev–Trinajstić information content (AvgIpc) is 2.17. The van der Waals surface area contributed by atoms with Crippen LogP contribution in [0.15, 0.2) is 17.0 Å². The highest BCUT2D eigenvalue weighted by Crippen LogP contribution is 2.22. The lowest BCUT2D eigenvalue weighted by molar-refractivity contribution is 0.267. The molecule has 4 nitrogen and oxygen atoms in total. The highest BCUT2D eigenvalue weighted by atomic mass is 32.2. The second-order valence-corrected chi connectivity index (χ2v) is 5.40. The molecule has 0 unspecified atom stereocenters. The SMILES string of the molecule is CN(C)S(=O)(=O)c1ccc(F)c(CO)c1F. The summed E-state index contributed by atoms with van der Waals surface area (Å²) in [4.78, 5) is -0.650. The van der Waals surface area contributed by atoms with Crippen molar-refractivity contribution in [3.63, 3.8) is 0 Å². The number of aliphatic hydroxyl groups excluding tert-OH is 1. The molecular weight excluding hydrogens is 240 g/mol. The van der Waals surface area contributed by atoms with Crippen LogP contribution in [0.3, 0.4) is 0 Å². The zero-order chi connectivity index (χ0) is 12.5. The minimum absolute atomic E-state index is 0.650. The zero-order valence-corrected chi connectivity index (χ0v) is 9.55. The zero-order valence-electron chi connectivity index (χ0n) is 8.74. The normalized spacial score (nSPS) is 12.1. The molecule has 0 fully saturated rings. The third kappa shape index (κ3) is 2.06. The third-order valence-corrected chi connectivity index (χ3v) is 3.90. The van der Waals surface area contributed by atoms with Crippen LogP contribution in [-0.2, 0) is 16.6 Å². The van der Waals surface area contributed by atoms with Gasteiger partial charge in [-0.3, -0.25) is 0 Å². The van der Waals surface area contributed by atoms with E-state index in [2.05, 4.69) is 0 Å². The third-order valence-electron chi connectivity index (χ3n) is 2.07. The fourth-order valence-electron chi connectivity index (χ4n) is 1.12. The predicted octanol–water partition coefficient (Wildman–Crippen LogP) is 0.707. The predicted molar refractivity (Wildman–Crippen MR) is 53.2 cm³/mol. The van der Waals surface area contributed by atoms with Crippen LogP contribution in [0.5, 0.6) is 0 Å². The van der Waals surface area contributed by atoms with Gasteiger partial charge >= 0.3 is 0 Å². The number of benzene rings is 1. The van der Waals surface area contributed by atoms with Gasteiger partial charge < -0.3 is 5.11 Å². The van der Waals surface area contributed by atoms with E-state index in [9.17, 15) is 17.2 Å². The highest BCUT2D eigenvalue weighted by Gasteiger charge is 2.25. The summed E-state index contributed by atoms with van der Waals surface area (Å²) in [6.45, 7) is -0.894. The monoisotopic (exact) mass is 251 g/mol. The molecule has 0 atom stereocenters. The molecule has 0 aliphatic heterocycles.